The first-order valence-corrected chi connectivity index (χ1v) is 4.90. The summed E-state index contributed by atoms with van der Waals surface area (Å²) in [4.78, 5) is 19.7. The van der Waals surface area contributed by atoms with E-state index in [2.05, 4.69) is 9.97 Å². The van der Waals surface area contributed by atoms with Crippen molar-refractivity contribution in [3.63, 3.8) is 0 Å². The normalized spacial score (nSPS) is 14.4. The van der Waals surface area contributed by atoms with Crippen LogP contribution in [0.3, 0.4) is 0 Å². The van der Waals surface area contributed by atoms with Crippen molar-refractivity contribution in [3.8, 4) is 0 Å². The summed E-state index contributed by atoms with van der Waals surface area (Å²) >= 11 is 0. The van der Waals surface area contributed by atoms with Gasteiger partial charge in [0.1, 0.15) is 13.7 Å². The third-order valence-corrected chi connectivity index (χ3v) is 2.75. The van der Waals surface area contributed by atoms with Crippen molar-refractivity contribution in [1.29, 1.82) is 0 Å². The number of aryl methyl sites for hydroxylation is 2. The highest BCUT2D eigenvalue weighted by atomic mass is 16.1. The van der Waals surface area contributed by atoms with E-state index in [9.17, 15) is 4.79 Å². The molecule has 1 aliphatic heterocycles. The molecule has 0 saturated carbocycles. The van der Waals surface area contributed by atoms with Crippen LogP contribution in [0.1, 0.15) is 12.2 Å². The van der Waals surface area contributed by atoms with Gasteiger partial charge >= 0.3 is 0 Å². The maximum absolute atomic E-state index is 11.7. The molecule has 1 aliphatic rings. The standard InChI is InChI=1S/C10H8BN3O/c11-8-4-6-7(5-12-8)14-3-1-2-9(14)13-10(6)15/h4-5H,1-3H2. The molecule has 0 aromatic carbocycles. The van der Waals surface area contributed by atoms with Gasteiger partial charge in [-0.05, 0) is 18.1 Å². The fourth-order valence-electron chi connectivity index (χ4n) is 2.06. The minimum atomic E-state index is -0.202. The summed E-state index contributed by atoms with van der Waals surface area (Å²) in [7, 11) is 5.55. The lowest BCUT2D eigenvalue weighted by Gasteiger charge is -2.07. The molecule has 72 valence electrons. The third kappa shape index (κ3) is 1.19. The molecular weight excluding hydrogens is 189 g/mol. The zero-order valence-electron chi connectivity index (χ0n) is 8.10. The minimum absolute atomic E-state index is 0.202. The van der Waals surface area contributed by atoms with Gasteiger partial charge in [0, 0.05) is 13.0 Å². The van der Waals surface area contributed by atoms with Crippen molar-refractivity contribution in [3.05, 3.63) is 28.4 Å². The summed E-state index contributed by atoms with van der Waals surface area (Å²) in [5, 5.41) is 0.563. The number of hydrogen-bond acceptors (Lipinski definition) is 3. The Morgan fingerprint density at radius 3 is 3.20 bits per heavy atom. The predicted octanol–water partition coefficient (Wildman–Crippen LogP) is -0.469. The van der Waals surface area contributed by atoms with Crippen molar-refractivity contribution in [2.75, 3.05) is 0 Å². The Morgan fingerprint density at radius 2 is 2.33 bits per heavy atom. The van der Waals surface area contributed by atoms with Crippen LogP contribution >= 0.6 is 0 Å². The predicted molar refractivity (Wildman–Crippen MR) is 57.5 cm³/mol. The molecule has 0 aliphatic carbocycles. The number of hydrogen-bond donors (Lipinski definition) is 0. The van der Waals surface area contributed by atoms with Gasteiger partial charge in [0.05, 0.1) is 17.1 Å². The largest absolute Gasteiger partial charge is 0.328 e. The lowest BCUT2D eigenvalue weighted by Crippen LogP contribution is -2.18. The Morgan fingerprint density at radius 1 is 1.47 bits per heavy atom. The zero-order valence-corrected chi connectivity index (χ0v) is 8.10. The van der Waals surface area contributed by atoms with Gasteiger partial charge in [-0.1, -0.05) is 0 Å². The molecule has 0 amide bonds. The monoisotopic (exact) mass is 197 g/mol. The number of nitrogens with zero attached hydrogens (tertiary/aromatic N) is 3. The Balaban J connectivity index is 2.50. The van der Waals surface area contributed by atoms with E-state index in [0.717, 1.165) is 30.7 Å². The van der Waals surface area contributed by atoms with Crippen LogP contribution < -0.4 is 11.2 Å². The molecule has 4 nitrogen and oxygen atoms in total. The van der Waals surface area contributed by atoms with E-state index in [4.69, 9.17) is 7.85 Å². The van der Waals surface area contributed by atoms with E-state index in [-0.39, 0.29) is 5.56 Å². The SMILES string of the molecule is [B]c1cc2c(=O)nc3n(c2cn1)CCC3. The van der Waals surface area contributed by atoms with E-state index in [1.807, 2.05) is 4.57 Å². The summed E-state index contributed by atoms with van der Waals surface area (Å²) in [5.41, 5.74) is 1.00. The molecule has 0 bridgehead atoms. The van der Waals surface area contributed by atoms with Gasteiger partial charge in [-0.2, -0.15) is 4.98 Å². The summed E-state index contributed by atoms with van der Waals surface area (Å²) in [5.74, 6) is 0.860. The fourth-order valence-corrected chi connectivity index (χ4v) is 2.06. The maximum Gasteiger partial charge on any atom is 0.280 e. The molecule has 0 spiro atoms. The first kappa shape index (κ1) is 8.65. The minimum Gasteiger partial charge on any atom is -0.328 e. The first-order valence-electron chi connectivity index (χ1n) is 4.90. The van der Waals surface area contributed by atoms with E-state index < -0.39 is 0 Å². The van der Waals surface area contributed by atoms with Crippen molar-refractivity contribution in [1.82, 2.24) is 14.5 Å². The number of aromatic nitrogens is 3. The third-order valence-electron chi connectivity index (χ3n) is 2.75. The quantitative estimate of drug-likeness (QED) is 0.536. The number of rotatable bonds is 0. The van der Waals surface area contributed by atoms with Crippen molar-refractivity contribution < 1.29 is 0 Å². The zero-order chi connectivity index (χ0) is 10.4. The summed E-state index contributed by atoms with van der Waals surface area (Å²) in [6, 6.07) is 1.59. The van der Waals surface area contributed by atoms with Crippen molar-refractivity contribution >= 4 is 24.3 Å². The fraction of sp³-hybridized carbons (Fsp3) is 0.300. The van der Waals surface area contributed by atoms with Gasteiger partial charge in [0.15, 0.2) is 0 Å². The highest BCUT2D eigenvalue weighted by molar-refractivity contribution is 6.31. The van der Waals surface area contributed by atoms with Crippen molar-refractivity contribution in [2.24, 2.45) is 0 Å². The van der Waals surface area contributed by atoms with Crippen LogP contribution in [0.25, 0.3) is 10.9 Å². The van der Waals surface area contributed by atoms with Crippen LogP contribution in [0.4, 0.5) is 0 Å². The van der Waals surface area contributed by atoms with Gasteiger partial charge in [0.2, 0.25) is 0 Å². The molecule has 2 radical (unpaired) electrons. The molecule has 0 atom stereocenters. The first-order chi connectivity index (χ1) is 7.25. The maximum atomic E-state index is 11.7. The van der Waals surface area contributed by atoms with E-state index in [1.165, 1.54) is 0 Å². The highest BCUT2D eigenvalue weighted by Gasteiger charge is 2.15. The Kier molecular flexibility index (Phi) is 1.68. The molecule has 0 unspecified atom stereocenters. The van der Waals surface area contributed by atoms with E-state index in [0.29, 0.717) is 11.0 Å². The molecule has 2 aromatic rings. The number of pyridine rings is 1. The molecule has 5 heteroatoms. The van der Waals surface area contributed by atoms with Crippen molar-refractivity contribution in [2.45, 2.75) is 19.4 Å². The van der Waals surface area contributed by atoms with Crippen LogP contribution in [-0.2, 0) is 13.0 Å². The molecule has 2 aromatic heterocycles. The lowest BCUT2D eigenvalue weighted by atomic mass is 10.0. The molecular formula is C10H8BN3O. The highest BCUT2D eigenvalue weighted by Crippen LogP contribution is 2.16. The average Bonchev–Trinajstić information content (AvgIpc) is 2.66. The van der Waals surface area contributed by atoms with Crippen LogP contribution in [0.2, 0.25) is 0 Å². The van der Waals surface area contributed by atoms with Gasteiger partial charge in [-0.25, -0.2) is 0 Å². The lowest BCUT2D eigenvalue weighted by molar-refractivity contribution is 0.761. The summed E-state index contributed by atoms with van der Waals surface area (Å²) < 4.78 is 2.04. The second-order valence-electron chi connectivity index (χ2n) is 3.71. The Bertz CT molecular complexity index is 605. The smallest absolute Gasteiger partial charge is 0.280 e. The molecule has 0 N–H and O–H groups in total. The second kappa shape index (κ2) is 2.92. The number of fused-ring (bicyclic) bond motifs is 3. The van der Waals surface area contributed by atoms with Gasteiger partial charge in [-0.15, -0.1) is 0 Å². The van der Waals surface area contributed by atoms with Crippen LogP contribution in [-0.4, -0.2) is 22.4 Å². The van der Waals surface area contributed by atoms with E-state index in [1.54, 1.807) is 12.3 Å². The Hall–Kier alpha value is -1.65. The van der Waals surface area contributed by atoms with Gasteiger partial charge < -0.3 is 4.57 Å². The second-order valence-corrected chi connectivity index (χ2v) is 3.71. The molecule has 3 rings (SSSR count). The van der Waals surface area contributed by atoms with Gasteiger partial charge in [0.25, 0.3) is 5.56 Å². The van der Waals surface area contributed by atoms with Gasteiger partial charge in [-0.3, -0.25) is 9.78 Å². The molecule has 0 saturated heterocycles. The van der Waals surface area contributed by atoms with Crippen LogP contribution in [0.5, 0.6) is 0 Å². The molecule has 15 heavy (non-hydrogen) atoms. The summed E-state index contributed by atoms with van der Waals surface area (Å²) in [6.45, 7) is 0.907. The van der Waals surface area contributed by atoms with Crippen LogP contribution in [0, 0.1) is 0 Å². The summed E-state index contributed by atoms with van der Waals surface area (Å²) in [6.07, 6.45) is 3.56. The molecule has 0 fully saturated rings. The van der Waals surface area contributed by atoms with E-state index >= 15 is 0 Å². The molecule has 3 heterocycles. The average molecular weight is 197 g/mol. The van der Waals surface area contributed by atoms with Crippen LogP contribution in [0.15, 0.2) is 17.1 Å². The topological polar surface area (TPSA) is 47.8 Å². The Labute approximate surface area is 87.4 Å².